The maximum atomic E-state index is 13.0. The largest absolute Gasteiger partial charge is 0.454 e. The topological polar surface area (TPSA) is 84.5 Å². The molecule has 0 saturated carbocycles. The maximum absolute atomic E-state index is 13.0. The lowest BCUT2D eigenvalue weighted by Gasteiger charge is -2.08. The lowest BCUT2D eigenvalue weighted by atomic mass is 10.2. The fourth-order valence-electron chi connectivity index (χ4n) is 2.01. The molecule has 0 fully saturated rings. The molecule has 0 bridgehead atoms. The molecule has 2 rings (SSSR count). The number of halogens is 1. The van der Waals surface area contributed by atoms with E-state index in [-0.39, 0.29) is 5.56 Å². The van der Waals surface area contributed by atoms with Crippen LogP contribution in [0.3, 0.4) is 0 Å². The maximum Gasteiger partial charge on any atom is 0.325 e. The molecule has 8 heteroatoms. The van der Waals surface area contributed by atoms with Crippen molar-refractivity contribution in [1.29, 1.82) is 0 Å². The Morgan fingerprint density at radius 3 is 2.52 bits per heavy atom. The number of hydrogen-bond acceptors (Lipinski definition) is 5. The van der Waals surface area contributed by atoms with Crippen molar-refractivity contribution in [3.05, 3.63) is 66.0 Å². The van der Waals surface area contributed by atoms with Crippen LogP contribution in [-0.2, 0) is 14.3 Å². The van der Waals surface area contributed by atoms with Crippen LogP contribution in [0.5, 0.6) is 0 Å². The highest BCUT2D eigenvalue weighted by Crippen LogP contribution is 2.15. The molecule has 0 aliphatic heterocycles. The van der Waals surface area contributed by atoms with E-state index in [1.54, 1.807) is 11.8 Å². The first-order valence-corrected chi connectivity index (χ1v) is 9.17. The number of carbonyl (C=O) groups is 3. The first kappa shape index (κ1) is 20.4. The molecule has 0 saturated heterocycles. The lowest BCUT2D eigenvalue weighted by Crippen LogP contribution is -2.34. The summed E-state index contributed by atoms with van der Waals surface area (Å²) in [5, 5.41) is 4.94. The number of rotatable bonds is 9. The van der Waals surface area contributed by atoms with Crippen LogP contribution in [0.2, 0.25) is 0 Å². The summed E-state index contributed by atoms with van der Waals surface area (Å²) in [6, 6.07) is 14.8. The Labute approximate surface area is 160 Å². The smallest absolute Gasteiger partial charge is 0.325 e. The molecule has 2 amide bonds. The highest BCUT2D eigenvalue weighted by atomic mass is 32.2. The van der Waals surface area contributed by atoms with Gasteiger partial charge >= 0.3 is 5.97 Å². The number of carbonyl (C=O) groups excluding carboxylic acids is 3. The highest BCUT2D eigenvalue weighted by molar-refractivity contribution is 7.99. The molecule has 0 spiro atoms. The summed E-state index contributed by atoms with van der Waals surface area (Å²) in [5.41, 5.74) is 0.0939. The van der Waals surface area contributed by atoms with Gasteiger partial charge in [0.1, 0.15) is 12.4 Å². The Hall–Kier alpha value is -2.87. The van der Waals surface area contributed by atoms with Gasteiger partial charge in [0.25, 0.3) is 11.8 Å². The van der Waals surface area contributed by atoms with Gasteiger partial charge in [0.2, 0.25) is 0 Å². The van der Waals surface area contributed by atoms with E-state index in [1.807, 2.05) is 30.3 Å². The van der Waals surface area contributed by atoms with Crippen molar-refractivity contribution in [2.24, 2.45) is 0 Å². The molecule has 0 aliphatic rings. The Bertz CT molecular complexity index is 786. The Balaban J connectivity index is 1.58. The number of amides is 2. The van der Waals surface area contributed by atoms with E-state index in [2.05, 4.69) is 10.6 Å². The fourth-order valence-corrected chi connectivity index (χ4v) is 2.80. The third-order valence-electron chi connectivity index (χ3n) is 3.28. The third-order valence-corrected chi connectivity index (χ3v) is 4.29. The van der Waals surface area contributed by atoms with Gasteiger partial charge in [-0.1, -0.05) is 24.3 Å². The second-order valence-corrected chi connectivity index (χ2v) is 6.53. The second kappa shape index (κ2) is 11.0. The molecule has 0 aliphatic carbocycles. The zero-order valence-corrected chi connectivity index (χ0v) is 15.3. The standard InChI is InChI=1S/C19H19FN2O4S/c20-15-6-4-5-14(11-15)19(25)22-12-18(24)26-13-17(23)21-9-10-27-16-7-2-1-3-8-16/h1-8,11H,9-10,12-13H2,(H,21,23)(H,22,25). The van der Waals surface area contributed by atoms with Gasteiger partial charge in [0.05, 0.1) is 0 Å². The van der Waals surface area contributed by atoms with Gasteiger partial charge in [-0.15, -0.1) is 11.8 Å². The summed E-state index contributed by atoms with van der Waals surface area (Å²) >= 11 is 1.60. The number of benzene rings is 2. The normalized spacial score (nSPS) is 10.1. The summed E-state index contributed by atoms with van der Waals surface area (Å²) in [4.78, 5) is 36.1. The van der Waals surface area contributed by atoms with Crippen LogP contribution in [-0.4, -0.2) is 43.2 Å². The summed E-state index contributed by atoms with van der Waals surface area (Å²) < 4.78 is 17.8. The average Bonchev–Trinajstić information content (AvgIpc) is 2.68. The molecule has 0 radical (unpaired) electrons. The van der Waals surface area contributed by atoms with Gasteiger partial charge in [-0.3, -0.25) is 14.4 Å². The summed E-state index contributed by atoms with van der Waals surface area (Å²) in [5.74, 6) is -1.64. The predicted octanol–water partition coefficient (Wildman–Crippen LogP) is 2.01. The number of esters is 1. The zero-order valence-electron chi connectivity index (χ0n) is 14.4. The van der Waals surface area contributed by atoms with Crippen molar-refractivity contribution in [1.82, 2.24) is 10.6 Å². The van der Waals surface area contributed by atoms with E-state index in [9.17, 15) is 18.8 Å². The minimum Gasteiger partial charge on any atom is -0.454 e. The van der Waals surface area contributed by atoms with Crippen LogP contribution >= 0.6 is 11.8 Å². The van der Waals surface area contributed by atoms with Gasteiger partial charge in [0.15, 0.2) is 6.61 Å². The Morgan fingerprint density at radius 2 is 1.78 bits per heavy atom. The molecule has 27 heavy (non-hydrogen) atoms. The molecule has 0 heterocycles. The van der Waals surface area contributed by atoms with Crippen molar-refractivity contribution < 1.29 is 23.5 Å². The van der Waals surface area contributed by atoms with Gasteiger partial charge in [-0.25, -0.2) is 4.39 Å². The molecule has 0 aromatic heterocycles. The second-order valence-electron chi connectivity index (χ2n) is 5.37. The molecule has 2 aromatic carbocycles. The van der Waals surface area contributed by atoms with Crippen molar-refractivity contribution in [3.8, 4) is 0 Å². The summed E-state index contributed by atoms with van der Waals surface area (Å²) in [6.07, 6.45) is 0. The monoisotopic (exact) mass is 390 g/mol. The summed E-state index contributed by atoms with van der Waals surface area (Å²) in [7, 11) is 0. The molecule has 0 unspecified atom stereocenters. The molecule has 0 atom stereocenters. The summed E-state index contributed by atoms with van der Waals surface area (Å²) in [6.45, 7) is -0.399. The van der Waals surface area contributed by atoms with E-state index in [0.717, 1.165) is 11.0 Å². The van der Waals surface area contributed by atoms with E-state index in [4.69, 9.17) is 4.74 Å². The quantitative estimate of drug-likeness (QED) is 0.389. The van der Waals surface area contributed by atoms with E-state index >= 15 is 0 Å². The highest BCUT2D eigenvalue weighted by Gasteiger charge is 2.11. The zero-order chi connectivity index (χ0) is 19.5. The van der Waals surface area contributed by atoms with Gasteiger partial charge in [-0.2, -0.15) is 0 Å². The fraction of sp³-hybridized carbons (Fsp3) is 0.211. The van der Waals surface area contributed by atoms with Crippen molar-refractivity contribution in [3.63, 3.8) is 0 Å². The Kier molecular flexibility index (Phi) is 8.31. The molecule has 2 aromatic rings. The Morgan fingerprint density at radius 1 is 1.00 bits per heavy atom. The van der Waals surface area contributed by atoms with Crippen LogP contribution in [0.1, 0.15) is 10.4 Å². The van der Waals surface area contributed by atoms with Crippen molar-refractivity contribution in [2.45, 2.75) is 4.90 Å². The minimum atomic E-state index is -0.756. The minimum absolute atomic E-state index is 0.0939. The predicted molar refractivity (Wildman–Crippen MR) is 99.9 cm³/mol. The number of hydrogen-bond donors (Lipinski definition) is 2. The van der Waals surface area contributed by atoms with Crippen molar-refractivity contribution in [2.75, 3.05) is 25.4 Å². The van der Waals surface area contributed by atoms with Crippen molar-refractivity contribution >= 4 is 29.5 Å². The molecule has 142 valence electrons. The first-order chi connectivity index (χ1) is 13.0. The average molecular weight is 390 g/mol. The molecule has 2 N–H and O–H groups in total. The van der Waals surface area contributed by atoms with Crippen LogP contribution in [0, 0.1) is 5.82 Å². The van der Waals surface area contributed by atoms with Crippen LogP contribution in [0.15, 0.2) is 59.5 Å². The van der Waals surface area contributed by atoms with Gasteiger partial charge < -0.3 is 15.4 Å². The van der Waals surface area contributed by atoms with Gasteiger partial charge in [0, 0.05) is 22.8 Å². The van der Waals surface area contributed by atoms with E-state index < -0.39 is 36.8 Å². The van der Waals surface area contributed by atoms with Crippen LogP contribution in [0.25, 0.3) is 0 Å². The first-order valence-electron chi connectivity index (χ1n) is 8.18. The van der Waals surface area contributed by atoms with E-state index in [0.29, 0.717) is 12.3 Å². The van der Waals surface area contributed by atoms with Crippen LogP contribution in [0.4, 0.5) is 4.39 Å². The number of ether oxygens (including phenoxy) is 1. The lowest BCUT2D eigenvalue weighted by molar-refractivity contribution is -0.147. The molecular weight excluding hydrogens is 371 g/mol. The molecular formula is C19H19FN2O4S. The number of nitrogens with one attached hydrogen (secondary N) is 2. The third kappa shape index (κ3) is 7.91. The number of thioether (sulfide) groups is 1. The molecule has 6 nitrogen and oxygen atoms in total. The van der Waals surface area contributed by atoms with Crippen LogP contribution < -0.4 is 10.6 Å². The SMILES string of the molecule is O=C(COC(=O)CNC(=O)c1cccc(F)c1)NCCSc1ccccc1. The van der Waals surface area contributed by atoms with Gasteiger partial charge in [-0.05, 0) is 30.3 Å². The van der Waals surface area contributed by atoms with E-state index in [1.165, 1.54) is 18.2 Å².